The highest BCUT2D eigenvalue weighted by Gasteiger charge is 2.18. The molecular formula is C22H17N3O2S. The van der Waals surface area contributed by atoms with Crippen LogP contribution in [-0.2, 0) is 0 Å². The number of hydrogen-bond acceptors (Lipinski definition) is 3. The minimum atomic E-state index is -0.289. The Kier molecular flexibility index (Phi) is 4.87. The maximum atomic E-state index is 13.0. The van der Waals surface area contributed by atoms with Crippen molar-refractivity contribution in [2.24, 2.45) is 0 Å². The van der Waals surface area contributed by atoms with Crippen molar-refractivity contribution in [3.8, 4) is 0 Å². The second-order valence-electron chi connectivity index (χ2n) is 6.40. The Morgan fingerprint density at radius 2 is 1.46 bits per heavy atom. The van der Waals surface area contributed by atoms with Crippen molar-refractivity contribution in [2.45, 2.75) is 6.04 Å². The van der Waals surface area contributed by atoms with Crippen LogP contribution in [0.1, 0.15) is 27.5 Å². The summed E-state index contributed by atoms with van der Waals surface area (Å²) in [6.07, 6.45) is 0. The minimum absolute atomic E-state index is 0.224. The number of aromatic nitrogens is 2. The molecule has 0 aliphatic heterocycles. The van der Waals surface area contributed by atoms with Gasteiger partial charge in [0.2, 0.25) is 0 Å². The summed E-state index contributed by atoms with van der Waals surface area (Å²) >= 11 is 5.02. The number of H-pyrrole nitrogens is 2. The molecule has 0 aliphatic carbocycles. The third kappa shape index (κ3) is 3.63. The number of amides is 1. The minimum Gasteiger partial charge on any atom is -0.341 e. The van der Waals surface area contributed by atoms with Crippen LogP contribution < -0.4 is 10.9 Å². The highest BCUT2D eigenvalue weighted by atomic mass is 32.1. The molecule has 4 rings (SSSR count). The Hall–Kier alpha value is -3.51. The fraction of sp³-hybridized carbons (Fsp3) is 0.0455. The van der Waals surface area contributed by atoms with Gasteiger partial charge in [0.05, 0.1) is 16.9 Å². The van der Waals surface area contributed by atoms with Gasteiger partial charge in [0, 0.05) is 5.56 Å². The van der Waals surface area contributed by atoms with Crippen LogP contribution in [0.5, 0.6) is 0 Å². The number of aromatic amines is 2. The third-order valence-electron chi connectivity index (χ3n) is 4.54. The molecule has 138 valence electrons. The molecule has 0 saturated carbocycles. The predicted octanol–water partition coefficient (Wildman–Crippen LogP) is 4.11. The lowest BCUT2D eigenvalue weighted by Gasteiger charge is -2.20. The normalized spacial score (nSPS) is 10.9. The molecule has 5 nitrogen and oxygen atoms in total. The number of nitrogens with one attached hydrogen (secondary N) is 3. The lowest BCUT2D eigenvalue weighted by atomic mass is 9.98. The molecular weight excluding hydrogens is 370 g/mol. The molecule has 6 heteroatoms. The Morgan fingerprint density at radius 3 is 2.07 bits per heavy atom. The van der Waals surface area contributed by atoms with E-state index >= 15 is 0 Å². The summed E-state index contributed by atoms with van der Waals surface area (Å²) in [5.74, 6) is -0.237. The van der Waals surface area contributed by atoms with Crippen LogP contribution in [0.25, 0.3) is 10.9 Å². The van der Waals surface area contributed by atoms with Gasteiger partial charge >= 0.3 is 0 Å². The van der Waals surface area contributed by atoms with Gasteiger partial charge in [-0.2, -0.15) is 0 Å². The summed E-state index contributed by atoms with van der Waals surface area (Å²) in [4.78, 5) is 30.4. The molecule has 1 aromatic heterocycles. The summed E-state index contributed by atoms with van der Waals surface area (Å²) in [5.41, 5.74) is 2.66. The first kappa shape index (κ1) is 17.9. The highest BCUT2D eigenvalue weighted by Crippen LogP contribution is 2.22. The molecule has 0 atom stereocenters. The zero-order valence-electron chi connectivity index (χ0n) is 14.8. The van der Waals surface area contributed by atoms with E-state index in [0.717, 1.165) is 11.1 Å². The van der Waals surface area contributed by atoms with Gasteiger partial charge in [-0.05, 0) is 41.5 Å². The van der Waals surface area contributed by atoms with E-state index in [1.165, 1.54) is 0 Å². The van der Waals surface area contributed by atoms with Crippen molar-refractivity contribution in [1.29, 1.82) is 0 Å². The van der Waals surface area contributed by atoms with Gasteiger partial charge in [-0.25, -0.2) is 0 Å². The molecule has 28 heavy (non-hydrogen) atoms. The van der Waals surface area contributed by atoms with E-state index in [0.29, 0.717) is 16.5 Å². The van der Waals surface area contributed by atoms with Gasteiger partial charge in [0.1, 0.15) is 0 Å². The van der Waals surface area contributed by atoms with Crippen LogP contribution in [0.4, 0.5) is 0 Å². The van der Waals surface area contributed by atoms with Crippen molar-refractivity contribution in [1.82, 2.24) is 15.3 Å². The molecule has 0 bridgehead atoms. The van der Waals surface area contributed by atoms with E-state index < -0.39 is 0 Å². The first-order valence-corrected chi connectivity index (χ1v) is 9.20. The summed E-state index contributed by atoms with van der Waals surface area (Å²) in [5, 5.41) is 3.55. The van der Waals surface area contributed by atoms with Gasteiger partial charge in [-0.15, -0.1) is 0 Å². The molecule has 3 N–H and O–H groups in total. The van der Waals surface area contributed by atoms with Crippen LogP contribution in [0.2, 0.25) is 0 Å². The standard InChI is InChI=1S/C22H17N3O2S/c26-20(16-11-12-17-18(13-16)23-22(28)25-21(17)27)24-19(14-7-3-1-4-8-14)15-9-5-2-6-10-15/h1-13,19H,(H,24,26)(H2,23,25,27,28). The Bertz CT molecular complexity index is 1210. The predicted molar refractivity (Wildman–Crippen MR) is 112 cm³/mol. The number of rotatable bonds is 4. The molecule has 0 fully saturated rings. The second-order valence-corrected chi connectivity index (χ2v) is 6.80. The molecule has 0 spiro atoms. The molecule has 0 unspecified atom stereocenters. The van der Waals surface area contributed by atoms with E-state index in [2.05, 4.69) is 15.3 Å². The van der Waals surface area contributed by atoms with Crippen LogP contribution in [0.15, 0.2) is 83.7 Å². The molecule has 0 radical (unpaired) electrons. The van der Waals surface area contributed by atoms with Crippen LogP contribution in [0, 0.1) is 4.77 Å². The average Bonchev–Trinajstić information content (AvgIpc) is 2.72. The van der Waals surface area contributed by atoms with Crippen LogP contribution >= 0.6 is 12.2 Å². The summed E-state index contributed by atoms with van der Waals surface area (Å²) < 4.78 is 0.224. The molecule has 1 amide bonds. The maximum Gasteiger partial charge on any atom is 0.259 e. The van der Waals surface area contributed by atoms with Crippen LogP contribution in [-0.4, -0.2) is 15.9 Å². The van der Waals surface area contributed by atoms with Gasteiger partial charge in [-0.3, -0.25) is 14.6 Å². The van der Waals surface area contributed by atoms with Crippen molar-refractivity contribution in [3.63, 3.8) is 0 Å². The molecule has 0 saturated heterocycles. The van der Waals surface area contributed by atoms with Gasteiger partial charge in [0.25, 0.3) is 11.5 Å². The van der Waals surface area contributed by atoms with E-state index in [4.69, 9.17) is 12.2 Å². The van der Waals surface area contributed by atoms with Crippen molar-refractivity contribution >= 4 is 29.0 Å². The van der Waals surface area contributed by atoms with E-state index in [1.807, 2.05) is 60.7 Å². The average molecular weight is 387 g/mol. The highest BCUT2D eigenvalue weighted by molar-refractivity contribution is 7.71. The lowest BCUT2D eigenvalue weighted by molar-refractivity contribution is 0.0943. The van der Waals surface area contributed by atoms with Gasteiger partial charge in [0.15, 0.2) is 4.77 Å². The number of hydrogen-bond donors (Lipinski definition) is 3. The van der Waals surface area contributed by atoms with Crippen molar-refractivity contribution in [2.75, 3.05) is 0 Å². The molecule has 3 aromatic carbocycles. The molecule has 4 aromatic rings. The third-order valence-corrected chi connectivity index (χ3v) is 4.75. The molecule has 0 aliphatic rings. The maximum absolute atomic E-state index is 13.0. The number of fused-ring (bicyclic) bond motifs is 1. The Labute approximate surface area is 166 Å². The topological polar surface area (TPSA) is 77.8 Å². The van der Waals surface area contributed by atoms with Gasteiger partial charge in [-0.1, -0.05) is 60.7 Å². The number of benzene rings is 3. The SMILES string of the molecule is O=C(NC(c1ccccc1)c1ccccc1)c1ccc2c(=O)[nH]c(=S)[nH]c2c1. The number of carbonyl (C=O) groups excluding carboxylic acids is 1. The fourth-order valence-corrected chi connectivity index (χ4v) is 3.38. The van der Waals surface area contributed by atoms with E-state index in [-0.39, 0.29) is 22.3 Å². The number of carbonyl (C=O) groups is 1. The first-order valence-electron chi connectivity index (χ1n) is 8.79. The Balaban J connectivity index is 1.71. The smallest absolute Gasteiger partial charge is 0.259 e. The zero-order valence-corrected chi connectivity index (χ0v) is 15.6. The zero-order chi connectivity index (χ0) is 19.5. The summed E-state index contributed by atoms with van der Waals surface area (Å²) in [7, 11) is 0. The quantitative estimate of drug-likeness (QED) is 0.461. The largest absolute Gasteiger partial charge is 0.341 e. The fourth-order valence-electron chi connectivity index (χ4n) is 3.18. The van der Waals surface area contributed by atoms with E-state index in [1.54, 1.807) is 18.2 Å². The molecule has 1 heterocycles. The van der Waals surface area contributed by atoms with Crippen LogP contribution in [0.3, 0.4) is 0 Å². The summed E-state index contributed by atoms with van der Waals surface area (Å²) in [6.45, 7) is 0. The van der Waals surface area contributed by atoms with Gasteiger partial charge < -0.3 is 10.3 Å². The lowest BCUT2D eigenvalue weighted by Crippen LogP contribution is -2.29. The van der Waals surface area contributed by atoms with Crippen molar-refractivity contribution in [3.05, 3.63) is 111 Å². The summed E-state index contributed by atoms with van der Waals surface area (Å²) in [6, 6.07) is 24.2. The van der Waals surface area contributed by atoms with E-state index in [9.17, 15) is 9.59 Å². The first-order chi connectivity index (χ1) is 13.6. The van der Waals surface area contributed by atoms with Crippen molar-refractivity contribution < 1.29 is 4.79 Å². The Morgan fingerprint density at radius 1 is 0.857 bits per heavy atom. The second kappa shape index (κ2) is 7.62. The monoisotopic (exact) mass is 387 g/mol.